The molecule has 1 heterocycles. The molecule has 1 fully saturated rings. The lowest BCUT2D eigenvalue weighted by Crippen LogP contribution is -2.52. The van der Waals surface area contributed by atoms with E-state index in [-0.39, 0.29) is 11.9 Å². The zero-order valence-corrected chi connectivity index (χ0v) is 14.3. The second-order valence-electron chi connectivity index (χ2n) is 5.53. The maximum absolute atomic E-state index is 12.8. The molecule has 0 aromatic heterocycles. The molecule has 1 amide bonds. The van der Waals surface area contributed by atoms with Crippen LogP contribution in [0.15, 0.2) is 12.1 Å². The topological polar surface area (TPSA) is 42.0 Å². The average Bonchev–Trinajstić information content (AvgIpc) is 2.48. The molecular weight excluding hydrogens is 304 g/mol. The van der Waals surface area contributed by atoms with Gasteiger partial charge in [0.25, 0.3) is 5.91 Å². The minimum atomic E-state index is -0.0242. The van der Waals surface area contributed by atoms with Crippen molar-refractivity contribution in [3.05, 3.63) is 22.7 Å². The maximum atomic E-state index is 12.8. The molecule has 0 aliphatic carbocycles. The quantitative estimate of drug-likeness (QED) is 0.852. The molecule has 6 heteroatoms. The fourth-order valence-corrected chi connectivity index (χ4v) is 3.00. The van der Waals surface area contributed by atoms with Crippen molar-refractivity contribution in [3.63, 3.8) is 0 Å². The highest BCUT2D eigenvalue weighted by Crippen LogP contribution is 2.36. The minimum absolute atomic E-state index is 0.0242. The number of nitrogens with zero attached hydrogens (tertiary/aromatic N) is 2. The van der Waals surface area contributed by atoms with Crippen LogP contribution in [0.1, 0.15) is 24.2 Å². The molecule has 22 heavy (non-hydrogen) atoms. The zero-order valence-electron chi connectivity index (χ0n) is 13.6. The Labute approximate surface area is 136 Å². The molecule has 2 rings (SSSR count). The Bertz CT molecular complexity index is 550. The van der Waals surface area contributed by atoms with Gasteiger partial charge in [0, 0.05) is 31.2 Å². The van der Waals surface area contributed by atoms with Crippen LogP contribution in [0.2, 0.25) is 5.02 Å². The predicted octanol–water partition coefficient (Wildman–Crippen LogP) is 2.52. The summed E-state index contributed by atoms with van der Waals surface area (Å²) in [6, 6.07) is 3.52. The van der Waals surface area contributed by atoms with Crippen molar-refractivity contribution in [1.82, 2.24) is 9.80 Å². The maximum Gasteiger partial charge on any atom is 0.254 e. The number of carbonyl (C=O) groups is 1. The number of ether oxygens (including phenoxy) is 2. The number of benzene rings is 1. The number of piperazine rings is 1. The Morgan fingerprint density at radius 2 is 2.14 bits per heavy atom. The Balaban J connectivity index is 2.28. The third-order valence-corrected chi connectivity index (χ3v) is 4.14. The Morgan fingerprint density at radius 1 is 1.41 bits per heavy atom. The van der Waals surface area contributed by atoms with Gasteiger partial charge in [-0.25, -0.2) is 0 Å². The van der Waals surface area contributed by atoms with E-state index < -0.39 is 0 Å². The molecule has 0 spiro atoms. The SMILES string of the molecule is CCOc1c(Cl)cc(C(=O)N2CCN(C)C[C@@H]2C)cc1OC. The van der Waals surface area contributed by atoms with Crippen molar-refractivity contribution in [2.45, 2.75) is 19.9 Å². The molecule has 122 valence electrons. The standard InChI is InChI=1S/C16H23ClN2O3/c1-5-22-15-13(17)8-12(9-14(15)21-4)16(20)19-7-6-18(3)10-11(19)2/h8-9,11H,5-7,10H2,1-4H3/t11-/m0/s1. The van der Waals surface area contributed by atoms with E-state index in [4.69, 9.17) is 21.1 Å². The molecule has 1 aromatic carbocycles. The molecular formula is C16H23ClN2O3. The van der Waals surface area contributed by atoms with Gasteiger partial charge in [-0.2, -0.15) is 0 Å². The predicted molar refractivity (Wildman–Crippen MR) is 87.2 cm³/mol. The van der Waals surface area contributed by atoms with Crippen LogP contribution in [-0.2, 0) is 0 Å². The normalized spacial score (nSPS) is 19.1. The highest BCUT2D eigenvalue weighted by atomic mass is 35.5. The molecule has 1 saturated heterocycles. The zero-order chi connectivity index (χ0) is 16.3. The smallest absolute Gasteiger partial charge is 0.254 e. The molecule has 1 aliphatic rings. The van der Waals surface area contributed by atoms with Crippen molar-refractivity contribution in [1.29, 1.82) is 0 Å². The first-order valence-corrected chi connectivity index (χ1v) is 7.85. The first kappa shape index (κ1) is 16.9. The van der Waals surface area contributed by atoms with E-state index in [0.29, 0.717) is 35.2 Å². The second-order valence-corrected chi connectivity index (χ2v) is 5.94. The van der Waals surface area contributed by atoms with E-state index in [1.165, 1.54) is 0 Å². The van der Waals surface area contributed by atoms with Gasteiger partial charge in [-0.15, -0.1) is 0 Å². The van der Waals surface area contributed by atoms with Crippen LogP contribution in [0.3, 0.4) is 0 Å². The van der Waals surface area contributed by atoms with Crippen molar-refractivity contribution in [2.75, 3.05) is 40.4 Å². The van der Waals surface area contributed by atoms with Gasteiger partial charge in [0.15, 0.2) is 11.5 Å². The number of carbonyl (C=O) groups excluding carboxylic acids is 1. The average molecular weight is 327 g/mol. The lowest BCUT2D eigenvalue weighted by atomic mass is 10.1. The Morgan fingerprint density at radius 3 is 2.73 bits per heavy atom. The summed E-state index contributed by atoms with van der Waals surface area (Å²) < 4.78 is 10.8. The molecule has 5 nitrogen and oxygen atoms in total. The summed E-state index contributed by atoms with van der Waals surface area (Å²) in [6.45, 7) is 6.87. The summed E-state index contributed by atoms with van der Waals surface area (Å²) in [5.74, 6) is 0.943. The first-order chi connectivity index (χ1) is 10.5. The second kappa shape index (κ2) is 7.20. The monoisotopic (exact) mass is 326 g/mol. The van der Waals surface area contributed by atoms with Gasteiger partial charge in [-0.1, -0.05) is 11.6 Å². The Kier molecular flexibility index (Phi) is 5.53. The number of rotatable bonds is 4. The van der Waals surface area contributed by atoms with Crippen LogP contribution in [0.25, 0.3) is 0 Å². The fourth-order valence-electron chi connectivity index (χ4n) is 2.73. The summed E-state index contributed by atoms with van der Waals surface area (Å²) >= 11 is 6.25. The summed E-state index contributed by atoms with van der Waals surface area (Å²) in [4.78, 5) is 16.9. The van der Waals surface area contributed by atoms with Crippen molar-refractivity contribution in [2.24, 2.45) is 0 Å². The van der Waals surface area contributed by atoms with Gasteiger partial charge in [0.2, 0.25) is 0 Å². The molecule has 1 atom stereocenters. The summed E-state index contributed by atoms with van der Waals surface area (Å²) in [5, 5.41) is 0.395. The first-order valence-electron chi connectivity index (χ1n) is 7.47. The largest absolute Gasteiger partial charge is 0.493 e. The van der Waals surface area contributed by atoms with Crippen molar-refractivity contribution in [3.8, 4) is 11.5 Å². The van der Waals surface area contributed by atoms with Crippen LogP contribution >= 0.6 is 11.6 Å². The third kappa shape index (κ3) is 3.47. The van der Waals surface area contributed by atoms with Gasteiger partial charge >= 0.3 is 0 Å². The van der Waals surface area contributed by atoms with Gasteiger partial charge in [-0.3, -0.25) is 4.79 Å². The molecule has 1 aromatic rings. The summed E-state index contributed by atoms with van der Waals surface area (Å²) in [7, 11) is 3.61. The van der Waals surface area contributed by atoms with Crippen LogP contribution in [-0.4, -0.2) is 62.1 Å². The lowest BCUT2D eigenvalue weighted by Gasteiger charge is -2.38. The molecule has 0 unspecified atom stereocenters. The number of hydrogen-bond acceptors (Lipinski definition) is 4. The van der Waals surface area contributed by atoms with Crippen LogP contribution in [0.4, 0.5) is 0 Å². The van der Waals surface area contributed by atoms with E-state index in [0.717, 1.165) is 13.1 Å². The van der Waals surface area contributed by atoms with Crippen LogP contribution in [0.5, 0.6) is 11.5 Å². The molecule has 0 radical (unpaired) electrons. The number of methoxy groups -OCH3 is 1. The van der Waals surface area contributed by atoms with Crippen molar-refractivity contribution >= 4 is 17.5 Å². The Hall–Kier alpha value is -1.46. The van der Waals surface area contributed by atoms with E-state index in [9.17, 15) is 4.79 Å². The van der Waals surface area contributed by atoms with Gasteiger partial charge in [-0.05, 0) is 33.0 Å². The van der Waals surface area contributed by atoms with Crippen molar-refractivity contribution < 1.29 is 14.3 Å². The van der Waals surface area contributed by atoms with Gasteiger partial charge in [0.05, 0.1) is 18.7 Å². The summed E-state index contributed by atoms with van der Waals surface area (Å²) in [6.07, 6.45) is 0. The third-order valence-electron chi connectivity index (χ3n) is 3.86. The number of halogens is 1. The van der Waals surface area contributed by atoms with Crippen LogP contribution in [0, 0.1) is 0 Å². The van der Waals surface area contributed by atoms with Gasteiger partial charge in [0.1, 0.15) is 0 Å². The molecule has 0 N–H and O–H groups in total. The van der Waals surface area contributed by atoms with E-state index in [1.807, 2.05) is 11.8 Å². The van der Waals surface area contributed by atoms with Crippen LogP contribution < -0.4 is 9.47 Å². The van der Waals surface area contributed by atoms with Gasteiger partial charge < -0.3 is 19.3 Å². The highest BCUT2D eigenvalue weighted by Gasteiger charge is 2.27. The lowest BCUT2D eigenvalue weighted by molar-refractivity contribution is 0.0533. The van der Waals surface area contributed by atoms with E-state index >= 15 is 0 Å². The summed E-state index contributed by atoms with van der Waals surface area (Å²) in [5.41, 5.74) is 0.529. The fraction of sp³-hybridized carbons (Fsp3) is 0.562. The van der Waals surface area contributed by atoms with E-state index in [1.54, 1.807) is 19.2 Å². The number of hydrogen-bond donors (Lipinski definition) is 0. The molecule has 1 aliphatic heterocycles. The highest BCUT2D eigenvalue weighted by molar-refractivity contribution is 6.32. The number of amides is 1. The van der Waals surface area contributed by atoms with E-state index in [2.05, 4.69) is 18.9 Å². The minimum Gasteiger partial charge on any atom is -0.493 e. The molecule has 0 saturated carbocycles. The molecule has 0 bridgehead atoms. The number of likely N-dealkylation sites (N-methyl/N-ethyl adjacent to an activating group) is 1.